The van der Waals surface area contributed by atoms with Crippen LogP contribution in [0, 0.1) is 5.82 Å². The molecule has 1 N–H and O–H groups in total. The van der Waals surface area contributed by atoms with Crippen LogP contribution in [-0.4, -0.2) is 31.5 Å². The van der Waals surface area contributed by atoms with Gasteiger partial charge in [-0.05, 0) is 40.5 Å². The first-order valence-corrected chi connectivity index (χ1v) is 6.63. The fourth-order valence-corrected chi connectivity index (χ4v) is 1.83. The molecular weight excluding hydrogens is 324 g/mol. The SMILES string of the molecule is COCC(Cl)CCNC(=O)c1ccc(Br)c(F)c1. The Labute approximate surface area is 119 Å². The smallest absolute Gasteiger partial charge is 0.251 e. The molecule has 0 aromatic heterocycles. The molecule has 0 aliphatic carbocycles. The van der Waals surface area contributed by atoms with E-state index in [-0.39, 0.29) is 16.8 Å². The first-order valence-electron chi connectivity index (χ1n) is 5.41. The Balaban J connectivity index is 2.43. The highest BCUT2D eigenvalue weighted by atomic mass is 79.9. The molecule has 1 amide bonds. The predicted octanol–water partition coefficient (Wildman–Crippen LogP) is 2.96. The van der Waals surface area contributed by atoms with Gasteiger partial charge in [0.15, 0.2) is 0 Å². The molecule has 0 spiro atoms. The zero-order chi connectivity index (χ0) is 13.5. The highest BCUT2D eigenvalue weighted by Crippen LogP contribution is 2.16. The number of methoxy groups -OCH3 is 1. The molecule has 1 aromatic carbocycles. The van der Waals surface area contributed by atoms with Crippen molar-refractivity contribution in [2.24, 2.45) is 0 Å². The van der Waals surface area contributed by atoms with Gasteiger partial charge in [0.2, 0.25) is 0 Å². The number of rotatable bonds is 6. The molecule has 0 fully saturated rings. The Morgan fingerprint density at radius 2 is 2.33 bits per heavy atom. The monoisotopic (exact) mass is 337 g/mol. The van der Waals surface area contributed by atoms with E-state index < -0.39 is 5.82 Å². The van der Waals surface area contributed by atoms with Crippen molar-refractivity contribution in [2.75, 3.05) is 20.3 Å². The largest absolute Gasteiger partial charge is 0.383 e. The molecule has 0 heterocycles. The Bertz CT molecular complexity index is 417. The van der Waals surface area contributed by atoms with Gasteiger partial charge in [-0.15, -0.1) is 11.6 Å². The third-order valence-electron chi connectivity index (χ3n) is 2.27. The van der Waals surface area contributed by atoms with Crippen LogP contribution >= 0.6 is 27.5 Å². The molecule has 100 valence electrons. The van der Waals surface area contributed by atoms with Gasteiger partial charge in [0.25, 0.3) is 5.91 Å². The van der Waals surface area contributed by atoms with Crippen molar-refractivity contribution >= 4 is 33.4 Å². The van der Waals surface area contributed by atoms with Crippen molar-refractivity contribution in [2.45, 2.75) is 11.8 Å². The molecule has 0 bridgehead atoms. The number of carbonyl (C=O) groups excluding carboxylic acids is 1. The minimum Gasteiger partial charge on any atom is -0.383 e. The number of benzene rings is 1. The van der Waals surface area contributed by atoms with E-state index in [1.165, 1.54) is 12.1 Å². The molecule has 18 heavy (non-hydrogen) atoms. The third-order valence-corrected chi connectivity index (χ3v) is 3.26. The van der Waals surface area contributed by atoms with Gasteiger partial charge in [-0.3, -0.25) is 4.79 Å². The molecule has 1 atom stereocenters. The Hall–Kier alpha value is -0.650. The van der Waals surface area contributed by atoms with Crippen LogP contribution in [0.25, 0.3) is 0 Å². The van der Waals surface area contributed by atoms with Gasteiger partial charge >= 0.3 is 0 Å². The average Bonchev–Trinajstić information content (AvgIpc) is 2.33. The van der Waals surface area contributed by atoms with Gasteiger partial charge in [-0.2, -0.15) is 0 Å². The van der Waals surface area contributed by atoms with Crippen LogP contribution in [0.4, 0.5) is 4.39 Å². The normalized spacial score (nSPS) is 12.2. The lowest BCUT2D eigenvalue weighted by Crippen LogP contribution is -2.27. The van der Waals surface area contributed by atoms with E-state index in [4.69, 9.17) is 16.3 Å². The summed E-state index contributed by atoms with van der Waals surface area (Å²) in [6.45, 7) is 0.860. The van der Waals surface area contributed by atoms with Crippen molar-refractivity contribution in [3.05, 3.63) is 34.1 Å². The van der Waals surface area contributed by atoms with Crippen LogP contribution < -0.4 is 5.32 Å². The summed E-state index contributed by atoms with van der Waals surface area (Å²) in [6.07, 6.45) is 0.597. The van der Waals surface area contributed by atoms with E-state index in [0.29, 0.717) is 24.0 Å². The molecule has 1 rings (SSSR count). The lowest BCUT2D eigenvalue weighted by molar-refractivity contribution is 0.0951. The van der Waals surface area contributed by atoms with E-state index in [1.807, 2.05) is 0 Å². The fraction of sp³-hybridized carbons (Fsp3) is 0.417. The molecule has 0 radical (unpaired) electrons. The molecule has 0 saturated heterocycles. The summed E-state index contributed by atoms with van der Waals surface area (Å²) in [5, 5.41) is 2.53. The second-order valence-electron chi connectivity index (χ2n) is 3.73. The van der Waals surface area contributed by atoms with Crippen molar-refractivity contribution in [1.82, 2.24) is 5.32 Å². The highest BCUT2D eigenvalue weighted by molar-refractivity contribution is 9.10. The average molecular weight is 339 g/mol. The van der Waals surface area contributed by atoms with Gasteiger partial charge in [-0.25, -0.2) is 4.39 Å². The maximum absolute atomic E-state index is 13.2. The number of carbonyl (C=O) groups is 1. The van der Waals surface area contributed by atoms with Gasteiger partial charge in [0.1, 0.15) is 5.82 Å². The lowest BCUT2D eigenvalue weighted by Gasteiger charge is -2.09. The standard InChI is InChI=1S/C12H14BrClFNO2/c1-18-7-9(14)4-5-16-12(17)8-2-3-10(13)11(15)6-8/h2-3,6,9H,4-5,7H2,1H3,(H,16,17). The summed E-state index contributed by atoms with van der Waals surface area (Å²) in [7, 11) is 1.57. The number of amides is 1. The number of ether oxygens (including phenoxy) is 1. The zero-order valence-corrected chi connectivity index (χ0v) is 12.2. The van der Waals surface area contributed by atoms with Crippen LogP contribution in [0.1, 0.15) is 16.8 Å². The van der Waals surface area contributed by atoms with Crippen molar-refractivity contribution in [1.29, 1.82) is 0 Å². The molecule has 0 aliphatic rings. The Morgan fingerprint density at radius 3 is 2.94 bits per heavy atom. The van der Waals surface area contributed by atoms with E-state index in [0.717, 1.165) is 0 Å². The molecule has 0 aliphatic heterocycles. The predicted molar refractivity (Wildman–Crippen MR) is 72.6 cm³/mol. The summed E-state index contributed by atoms with van der Waals surface area (Å²) in [4.78, 5) is 11.7. The molecule has 6 heteroatoms. The second kappa shape index (κ2) is 7.71. The number of nitrogens with one attached hydrogen (secondary N) is 1. The quantitative estimate of drug-likeness (QED) is 0.810. The highest BCUT2D eigenvalue weighted by Gasteiger charge is 2.09. The molecule has 3 nitrogen and oxygen atoms in total. The van der Waals surface area contributed by atoms with Crippen LogP contribution in [0.3, 0.4) is 0 Å². The lowest BCUT2D eigenvalue weighted by atomic mass is 10.2. The first-order chi connectivity index (χ1) is 8.54. The van der Waals surface area contributed by atoms with Crippen LogP contribution in [0.5, 0.6) is 0 Å². The summed E-state index contributed by atoms with van der Waals surface area (Å²) < 4.78 is 18.4. The van der Waals surface area contributed by atoms with E-state index in [9.17, 15) is 9.18 Å². The minimum absolute atomic E-state index is 0.142. The Morgan fingerprint density at radius 1 is 1.61 bits per heavy atom. The summed E-state index contributed by atoms with van der Waals surface area (Å²) in [6, 6.07) is 4.24. The van der Waals surface area contributed by atoms with Crippen LogP contribution in [-0.2, 0) is 4.74 Å². The van der Waals surface area contributed by atoms with Gasteiger partial charge in [-0.1, -0.05) is 0 Å². The zero-order valence-electron chi connectivity index (χ0n) is 9.88. The van der Waals surface area contributed by atoms with Gasteiger partial charge in [0.05, 0.1) is 16.5 Å². The molecule has 1 unspecified atom stereocenters. The number of alkyl halides is 1. The summed E-state index contributed by atoms with van der Waals surface area (Å²) in [5.74, 6) is -0.778. The maximum atomic E-state index is 13.2. The maximum Gasteiger partial charge on any atom is 0.251 e. The van der Waals surface area contributed by atoms with E-state index in [1.54, 1.807) is 13.2 Å². The van der Waals surface area contributed by atoms with Crippen LogP contribution in [0.2, 0.25) is 0 Å². The molecule has 1 aromatic rings. The summed E-state index contributed by atoms with van der Waals surface area (Å²) in [5.41, 5.74) is 0.286. The van der Waals surface area contributed by atoms with E-state index >= 15 is 0 Å². The molecule has 0 saturated carbocycles. The van der Waals surface area contributed by atoms with Crippen LogP contribution in [0.15, 0.2) is 22.7 Å². The Kier molecular flexibility index (Phi) is 6.60. The van der Waals surface area contributed by atoms with Gasteiger partial charge in [0, 0.05) is 19.2 Å². The second-order valence-corrected chi connectivity index (χ2v) is 5.20. The van der Waals surface area contributed by atoms with E-state index in [2.05, 4.69) is 21.2 Å². The number of halogens is 3. The van der Waals surface area contributed by atoms with Crippen molar-refractivity contribution in [3.63, 3.8) is 0 Å². The van der Waals surface area contributed by atoms with Crippen molar-refractivity contribution in [3.8, 4) is 0 Å². The number of hydrogen-bond donors (Lipinski definition) is 1. The minimum atomic E-state index is -0.461. The molecular formula is C12H14BrClFNO2. The number of hydrogen-bond acceptors (Lipinski definition) is 2. The van der Waals surface area contributed by atoms with Gasteiger partial charge < -0.3 is 10.1 Å². The summed E-state index contributed by atoms with van der Waals surface area (Å²) >= 11 is 8.94. The topological polar surface area (TPSA) is 38.3 Å². The fourth-order valence-electron chi connectivity index (χ4n) is 1.35. The van der Waals surface area contributed by atoms with Crippen molar-refractivity contribution < 1.29 is 13.9 Å². The first kappa shape index (κ1) is 15.4. The third kappa shape index (κ3) is 4.92.